The van der Waals surface area contributed by atoms with Crippen molar-refractivity contribution in [3.63, 3.8) is 0 Å². The van der Waals surface area contributed by atoms with E-state index in [0.717, 1.165) is 38.4 Å². The second kappa shape index (κ2) is 9.75. The van der Waals surface area contributed by atoms with Gasteiger partial charge in [-0.1, -0.05) is 13.3 Å². The van der Waals surface area contributed by atoms with E-state index < -0.39 is 0 Å². The Morgan fingerprint density at radius 2 is 1.87 bits per heavy atom. The standard InChI is InChI=1S/C17H33N5O/c1-3-18-17(20-11-10-19-16(23)14-8-9-14)21-13-15-7-5-6-12-22(15)4-2/h14-15H,3-13H2,1-2H3,(H,19,23)(H2,18,20,21). The van der Waals surface area contributed by atoms with Crippen LogP contribution in [0.5, 0.6) is 0 Å². The van der Waals surface area contributed by atoms with Crippen LogP contribution in [0, 0.1) is 5.92 Å². The summed E-state index contributed by atoms with van der Waals surface area (Å²) >= 11 is 0. The third-order valence-corrected chi connectivity index (χ3v) is 4.62. The predicted molar refractivity (Wildman–Crippen MR) is 94.6 cm³/mol. The maximum atomic E-state index is 11.6. The number of likely N-dealkylation sites (tertiary alicyclic amines) is 1. The van der Waals surface area contributed by atoms with Crippen molar-refractivity contribution < 1.29 is 4.79 Å². The molecule has 23 heavy (non-hydrogen) atoms. The molecule has 1 saturated heterocycles. The number of likely N-dealkylation sites (N-methyl/N-ethyl adjacent to an activating group) is 1. The first kappa shape index (κ1) is 18.0. The van der Waals surface area contributed by atoms with E-state index in [0.29, 0.717) is 19.1 Å². The van der Waals surface area contributed by atoms with Crippen molar-refractivity contribution in [3.05, 3.63) is 0 Å². The van der Waals surface area contributed by atoms with Crippen molar-refractivity contribution in [2.45, 2.75) is 52.0 Å². The molecule has 0 aromatic carbocycles. The van der Waals surface area contributed by atoms with Gasteiger partial charge in [0.25, 0.3) is 0 Å². The second-order valence-electron chi connectivity index (χ2n) is 6.49. The van der Waals surface area contributed by atoms with Gasteiger partial charge in [0.1, 0.15) is 0 Å². The molecule has 1 heterocycles. The van der Waals surface area contributed by atoms with Gasteiger partial charge in [-0.2, -0.15) is 0 Å². The first-order chi connectivity index (χ1) is 11.2. The van der Waals surface area contributed by atoms with Gasteiger partial charge in [-0.05, 0) is 45.7 Å². The van der Waals surface area contributed by atoms with Crippen LogP contribution in [0.1, 0.15) is 46.0 Å². The number of nitrogens with one attached hydrogen (secondary N) is 3. The molecule has 0 aromatic rings. The summed E-state index contributed by atoms with van der Waals surface area (Å²) in [5.74, 6) is 1.34. The maximum absolute atomic E-state index is 11.6. The van der Waals surface area contributed by atoms with E-state index in [-0.39, 0.29) is 11.8 Å². The van der Waals surface area contributed by atoms with Crippen molar-refractivity contribution in [1.82, 2.24) is 20.9 Å². The number of hydrogen-bond acceptors (Lipinski definition) is 3. The largest absolute Gasteiger partial charge is 0.357 e. The number of piperidine rings is 1. The Labute approximate surface area is 140 Å². The Morgan fingerprint density at radius 3 is 2.57 bits per heavy atom. The lowest BCUT2D eigenvalue weighted by atomic mass is 10.0. The van der Waals surface area contributed by atoms with Crippen LogP contribution < -0.4 is 16.0 Å². The zero-order chi connectivity index (χ0) is 16.5. The van der Waals surface area contributed by atoms with Crippen LogP contribution >= 0.6 is 0 Å². The number of aliphatic imine (C=N–C) groups is 1. The Kier molecular flexibility index (Phi) is 7.65. The first-order valence-corrected chi connectivity index (χ1v) is 9.28. The highest BCUT2D eigenvalue weighted by Gasteiger charge is 2.29. The molecule has 0 bridgehead atoms. The Morgan fingerprint density at radius 1 is 1.09 bits per heavy atom. The lowest BCUT2D eigenvalue weighted by molar-refractivity contribution is -0.122. The van der Waals surface area contributed by atoms with Crippen molar-refractivity contribution in [2.24, 2.45) is 10.9 Å². The topological polar surface area (TPSA) is 68.8 Å². The van der Waals surface area contributed by atoms with Crippen molar-refractivity contribution in [1.29, 1.82) is 0 Å². The highest BCUT2D eigenvalue weighted by Crippen LogP contribution is 2.28. The summed E-state index contributed by atoms with van der Waals surface area (Å²) in [6, 6.07) is 0.568. The molecule has 2 rings (SSSR count). The van der Waals surface area contributed by atoms with Gasteiger partial charge in [0.05, 0.1) is 6.54 Å². The minimum atomic E-state index is 0.203. The molecule has 1 aliphatic heterocycles. The fourth-order valence-corrected chi connectivity index (χ4v) is 3.08. The summed E-state index contributed by atoms with van der Waals surface area (Å²) in [6.07, 6.45) is 5.98. The fourth-order valence-electron chi connectivity index (χ4n) is 3.08. The summed E-state index contributed by atoms with van der Waals surface area (Å²) in [5, 5.41) is 9.57. The highest BCUT2D eigenvalue weighted by molar-refractivity contribution is 5.81. The average Bonchev–Trinajstić information content (AvgIpc) is 3.41. The molecule has 1 amide bonds. The molecule has 0 aromatic heterocycles. The Balaban J connectivity index is 1.71. The lowest BCUT2D eigenvalue weighted by Crippen LogP contribution is -2.44. The molecular formula is C17H33N5O. The zero-order valence-corrected chi connectivity index (χ0v) is 14.7. The molecule has 6 heteroatoms. The molecular weight excluding hydrogens is 290 g/mol. The number of nitrogens with zero attached hydrogens (tertiary/aromatic N) is 2. The van der Waals surface area contributed by atoms with Crippen LogP contribution in [-0.2, 0) is 4.79 Å². The Bertz CT molecular complexity index is 394. The van der Waals surface area contributed by atoms with Crippen molar-refractivity contribution >= 4 is 11.9 Å². The second-order valence-corrected chi connectivity index (χ2v) is 6.49. The lowest BCUT2D eigenvalue weighted by Gasteiger charge is -2.33. The van der Waals surface area contributed by atoms with Gasteiger partial charge in [-0.3, -0.25) is 14.7 Å². The third kappa shape index (κ3) is 6.37. The SMILES string of the molecule is CCNC(=NCC1CCCCN1CC)NCCNC(=O)C1CC1. The van der Waals surface area contributed by atoms with Crippen LogP contribution in [0.4, 0.5) is 0 Å². The molecule has 132 valence electrons. The molecule has 0 spiro atoms. The monoisotopic (exact) mass is 323 g/mol. The van der Waals surface area contributed by atoms with Gasteiger partial charge in [-0.25, -0.2) is 0 Å². The van der Waals surface area contributed by atoms with Gasteiger partial charge in [0, 0.05) is 31.6 Å². The van der Waals surface area contributed by atoms with E-state index in [1.807, 2.05) is 0 Å². The molecule has 2 fully saturated rings. The van der Waals surface area contributed by atoms with E-state index >= 15 is 0 Å². The number of rotatable bonds is 8. The van der Waals surface area contributed by atoms with E-state index in [1.165, 1.54) is 25.8 Å². The summed E-state index contributed by atoms with van der Waals surface area (Å²) < 4.78 is 0. The molecule has 1 unspecified atom stereocenters. The summed E-state index contributed by atoms with van der Waals surface area (Å²) in [6.45, 7) is 9.68. The highest BCUT2D eigenvalue weighted by atomic mass is 16.2. The fraction of sp³-hybridized carbons (Fsp3) is 0.882. The molecule has 1 atom stereocenters. The van der Waals surface area contributed by atoms with E-state index in [4.69, 9.17) is 4.99 Å². The molecule has 3 N–H and O–H groups in total. The number of guanidine groups is 1. The number of hydrogen-bond donors (Lipinski definition) is 3. The molecule has 6 nitrogen and oxygen atoms in total. The van der Waals surface area contributed by atoms with Crippen LogP contribution in [-0.4, -0.2) is 62.1 Å². The van der Waals surface area contributed by atoms with Crippen molar-refractivity contribution in [2.75, 3.05) is 39.3 Å². The number of carbonyl (C=O) groups is 1. The smallest absolute Gasteiger partial charge is 0.223 e. The van der Waals surface area contributed by atoms with Crippen LogP contribution in [0.15, 0.2) is 4.99 Å². The quantitative estimate of drug-likeness (QED) is 0.353. The number of carbonyl (C=O) groups excluding carboxylic acids is 1. The predicted octanol–water partition coefficient (Wildman–Crippen LogP) is 0.942. The number of amides is 1. The maximum Gasteiger partial charge on any atom is 0.223 e. The molecule has 0 radical (unpaired) electrons. The minimum absolute atomic E-state index is 0.203. The summed E-state index contributed by atoms with van der Waals surface area (Å²) in [4.78, 5) is 18.9. The first-order valence-electron chi connectivity index (χ1n) is 9.28. The normalized spacial score (nSPS) is 22.7. The summed E-state index contributed by atoms with van der Waals surface area (Å²) in [7, 11) is 0. The molecule has 1 aliphatic carbocycles. The summed E-state index contributed by atoms with van der Waals surface area (Å²) in [5.41, 5.74) is 0. The third-order valence-electron chi connectivity index (χ3n) is 4.62. The zero-order valence-electron chi connectivity index (χ0n) is 14.7. The van der Waals surface area contributed by atoms with Crippen molar-refractivity contribution in [3.8, 4) is 0 Å². The van der Waals surface area contributed by atoms with E-state index in [9.17, 15) is 4.79 Å². The molecule has 2 aliphatic rings. The average molecular weight is 323 g/mol. The van der Waals surface area contributed by atoms with E-state index in [2.05, 4.69) is 34.7 Å². The minimum Gasteiger partial charge on any atom is -0.357 e. The van der Waals surface area contributed by atoms with Crippen LogP contribution in [0.3, 0.4) is 0 Å². The van der Waals surface area contributed by atoms with Gasteiger partial charge in [-0.15, -0.1) is 0 Å². The van der Waals surface area contributed by atoms with Gasteiger partial charge < -0.3 is 16.0 Å². The van der Waals surface area contributed by atoms with Gasteiger partial charge >= 0.3 is 0 Å². The molecule has 1 saturated carbocycles. The Hall–Kier alpha value is -1.30. The van der Waals surface area contributed by atoms with E-state index in [1.54, 1.807) is 0 Å². The van der Waals surface area contributed by atoms with Crippen LogP contribution in [0.2, 0.25) is 0 Å². The van der Waals surface area contributed by atoms with Crippen LogP contribution in [0.25, 0.3) is 0 Å². The van der Waals surface area contributed by atoms with Gasteiger partial charge in [0.15, 0.2) is 5.96 Å². The van der Waals surface area contributed by atoms with Gasteiger partial charge in [0.2, 0.25) is 5.91 Å².